The van der Waals surface area contributed by atoms with E-state index in [1.54, 1.807) is 17.5 Å². The Morgan fingerprint density at radius 1 is 1.33 bits per heavy atom. The molecule has 1 aliphatic heterocycles. The molecule has 0 bridgehead atoms. The van der Waals surface area contributed by atoms with E-state index in [1.807, 2.05) is 36.2 Å². The zero-order valence-electron chi connectivity index (χ0n) is 13.5. The number of fused-ring (bicyclic) bond motifs is 1. The van der Waals surface area contributed by atoms with Crippen molar-refractivity contribution in [3.8, 4) is 5.88 Å². The summed E-state index contributed by atoms with van der Waals surface area (Å²) in [5.74, 6) is 0.662. The molecular formula is C17H19N5OS. The summed E-state index contributed by atoms with van der Waals surface area (Å²) < 4.78 is 8.10. The molecule has 124 valence electrons. The number of aryl methyl sites for hydroxylation is 1. The summed E-state index contributed by atoms with van der Waals surface area (Å²) in [6.45, 7) is 5.40. The molecule has 3 aromatic rings. The topological polar surface area (TPSA) is 56.1 Å². The maximum atomic E-state index is 5.88. The number of pyridine rings is 1. The van der Waals surface area contributed by atoms with Crippen molar-refractivity contribution in [1.82, 2.24) is 24.4 Å². The van der Waals surface area contributed by atoms with Gasteiger partial charge in [-0.15, -0.1) is 11.3 Å². The Hall–Kier alpha value is -2.25. The average molecular weight is 341 g/mol. The second-order valence-electron chi connectivity index (χ2n) is 5.96. The van der Waals surface area contributed by atoms with Gasteiger partial charge in [-0.2, -0.15) is 0 Å². The number of aromatic nitrogens is 4. The van der Waals surface area contributed by atoms with Crippen molar-refractivity contribution >= 4 is 11.3 Å². The van der Waals surface area contributed by atoms with Crippen LogP contribution >= 0.6 is 11.3 Å². The third-order valence-electron chi connectivity index (χ3n) is 4.27. The molecule has 0 spiro atoms. The normalized spacial score (nSPS) is 17.6. The summed E-state index contributed by atoms with van der Waals surface area (Å²) in [4.78, 5) is 16.7. The number of thiazole rings is 1. The first-order valence-corrected chi connectivity index (χ1v) is 8.83. The molecule has 1 aliphatic rings. The monoisotopic (exact) mass is 341 g/mol. The lowest BCUT2D eigenvalue weighted by molar-refractivity contribution is 0.135. The minimum atomic E-state index is 0.228. The Labute approximate surface area is 144 Å². The summed E-state index contributed by atoms with van der Waals surface area (Å²) in [5, 5.41) is 0. The second-order valence-corrected chi connectivity index (χ2v) is 6.89. The lowest BCUT2D eigenvalue weighted by Crippen LogP contribution is -2.38. The van der Waals surface area contributed by atoms with Gasteiger partial charge >= 0.3 is 0 Å². The Morgan fingerprint density at radius 3 is 3.08 bits per heavy atom. The molecular weight excluding hydrogens is 322 g/mol. The van der Waals surface area contributed by atoms with Crippen LogP contribution in [0.2, 0.25) is 0 Å². The number of imidazole rings is 1. The van der Waals surface area contributed by atoms with E-state index >= 15 is 0 Å². The van der Waals surface area contributed by atoms with Gasteiger partial charge in [0.2, 0.25) is 5.88 Å². The lowest BCUT2D eigenvalue weighted by Gasteiger charge is -2.34. The van der Waals surface area contributed by atoms with E-state index in [2.05, 4.69) is 31.3 Å². The first-order valence-electron chi connectivity index (χ1n) is 7.95. The smallest absolute Gasteiger partial charge is 0.213 e. The molecule has 3 aromatic heterocycles. The van der Waals surface area contributed by atoms with Crippen molar-refractivity contribution in [2.24, 2.45) is 0 Å². The molecule has 1 unspecified atom stereocenters. The molecule has 0 radical (unpaired) electrons. The van der Waals surface area contributed by atoms with Gasteiger partial charge in [-0.25, -0.2) is 15.0 Å². The fourth-order valence-corrected chi connectivity index (χ4v) is 3.83. The highest BCUT2D eigenvalue weighted by Crippen LogP contribution is 2.25. The first-order chi connectivity index (χ1) is 11.8. The molecule has 0 aliphatic carbocycles. The molecule has 0 fully saturated rings. The fourth-order valence-electron chi connectivity index (χ4n) is 3.01. The Kier molecular flexibility index (Phi) is 4.27. The van der Waals surface area contributed by atoms with Crippen LogP contribution in [-0.2, 0) is 13.1 Å². The molecule has 0 saturated heterocycles. The maximum absolute atomic E-state index is 5.88. The number of nitrogens with zero attached hydrogens (tertiary/aromatic N) is 5. The predicted octanol–water partition coefficient (Wildman–Crippen LogP) is 2.68. The van der Waals surface area contributed by atoms with Gasteiger partial charge in [-0.1, -0.05) is 6.07 Å². The van der Waals surface area contributed by atoms with E-state index in [-0.39, 0.29) is 6.04 Å². The highest BCUT2D eigenvalue weighted by molar-refractivity contribution is 7.09. The average Bonchev–Trinajstić information content (AvgIpc) is 3.23. The Bertz CT molecular complexity index is 800. The molecule has 6 nitrogen and oxygen atoms in total. The molecule has 4 rings (SSSR count). The maximum Gasteiger partial charge on any atom is 0.213 e. The van der Waals surface area contributed by atoms with Gasteiger partial charge in [0.25, 0.3) is 0 Å². The van der Waals surface area contributed by atoms with Crippen molar-refractivity contribution in [1.29, 1.82) is 0 Å². The van der Waals surface area contributed by atoms with Gasteiger partial charge in [0.15, 0.2) is 0 Å². The summed E-state index contributed by atoms with van der Waals surface area (Å²) >= 11 is 1.72. The van der Waals surface area contributed by atoms with Crippen LogP contribution in [0.3, 0.4) is 0 Å². The van der Waals surface area contributed by atoms with Crippen molar-refractivity contribution in [3.63, 3.8) is 0 Å². The molecule has 0 aromatic carbocycles. The third kappa shape index (κ3) is 3.18. The van der Waals surface area contributed by atoms with Gasteiger partial charge < -0.3 is 9.30 Å². The third-order valence-corrected chi connectivity index (χ3v) is 5.19. The first kappa shape index (κ1) is 15.3. The van der Waals surface area contributed by atoms with E-state index in [0.717, 1.165) is 25.3 Å². The zero-order chi connectivity index (χ0) is 16.4. The predicted molar refractivity (Wildman–Crippen MR) is 92.0 cm³/mol. The van der Waals surface area contributed by atoms with Gasteiger partial charge in [0, 0.05) is 43.0 Å². The van der Waals surface area contributed by atoms with Gasteiger partial charge in [0.1, 0.15) is 6.61 Å². The lowest BCUT2D eigenvalue weighted by atomic mass is 10.2. The Morgan fingerprint density at radius 2 is 2.29 bits per heavy atom. The molecule has 1 atom stereocenters. The molecule has 7 heteroatoms. The molecule has 4 heterocycles. The van der Waals surface area contributed by atoms with E-state index in [9.17, 15) is 0 Å². The van der Waals surface area contributed by atoms with Crippen LogP contribution in [-0.4, -0.2) is 37.6 Å². The number of hydrogen-bond donors (Lipinski definition) is 0. The molecule has 0 saturated carbocycles. The minimum absolute atomic E-state index is 0.228. The number of hydrogen-bond acceptors (Lipinski definition) is 6. The molecule has 0 amide bonds. The molecule has 24 heavy (non-hydrogen) atoms. The molecule has 0 N–H and O–H groups in total. The van der Waals surface area contributed by atoms with E-state index in [0.29, 0.717) is 12.5 Å². The van der Waals surface area contributed by atoms with Crippen LogP contribution in [0.5, 0.6) is 5.88 Å². The fraction of sp³-hybridized carbons (Fsp3) is 0.353. The van der Waals surface area contributed by atoms with Crippen molar-refractivity contribution < 1.29 is 4.74 Å². The highest BCUT2D eigenvalue weighted by atomic mass is 32.1. The van der Waals surface area contributed by atoms with Crippen LogP contribution in [0.1, 0.15) is 22.3 Å². The second kappa shape index (κ2) is 6.70. The summed E-state index contributed by atoms with van der Waals surface area (Å²) in [6.07, 6.45) is 5.59. The summed E-state index contributed by atoms with van der Waals surface area (Å²) in [7, 11) is 0. The van der Waals surface area contributed by atoms with Crippen LogP contribution in [0.4, 0.5) is 0 Å². The van der Waals surface area contributed by atoms with E-state index in [1.165, 1.54) is 10.6 Å². The van der Waals surface area contributed by atoms with Crippen LogP contribution < -0.4 is 4.74 Å². The van der Waals surface area contributed by atoms with Gasteiger partial charge in [-0.3, -0.25) is 4.90 Å². The zero-order valence-corrected chi connectivity index (χ0v) is 14.3. The van der Waals surface area contributed by atoms with E-state index in [4.69, 9.17) is 4.74 Å². The van der Waals surface area contributed by atoms with Gasteiger partial charge in [0.05, 0.1) is 29.3 Å². The SMILES string of the molecule is Cc1ncsc1CN1Cc2cncn2C(COc2ccccn2)C1. The number of ether oxygens (including phenoxy) is 1. The van der Waals surface area contributed by atoms with Crippen molar-refractivity contribution in [2.45, 2.75) is 26.1 Å². The minimum Gasteiger partial charge on any atom is -0.475 e. The van der Waals surface area contributed by atoms with Crippen LogP contribution in [0.25, 0.3) is 0 Å². The number of rotatable bonds is 5. The quantitative estimate of drug-likeness (QED) is 0.714. The largest absolute Gasteiger partial charge is 0.475 e. The van der Waals surface area contributed by atoms with Gasteiger partial charge in [-0.05, 0) is 13.0 Å². The van der Waals surface area contributed by atoms with Crippen LogP contribution in [0.15, 0.2) is 42.4 Å². The Balaban J connectivity index is 1.48. The standard InChI is InChI=1S/C17H19N5OS/c1-13-16(24-12-20-13)9-21-7-14-6-18-11-22(14)15(8-21)10-23-17-4-2-3-5-19-17/h2-6,11-12,15H,7-10H2,1H3. The van der Waals surface area contributed by atoms with Crippen molar-refractivity contribution in [2.75, 3.05) is 13.2 Å². The summed E-state index contributed by atoms with van der Waals surface area (Å²) in [6, 6.07) is 5.94. The van der Waals surface area contributed by atoms with E-state index < -0.39 is 0 Å². The van der Waals surface area contributed by atoms with Crippen LogP contribution in [0, 0.1) is 6.92 Å². The summed E-state index contributed by atoms with van der Waals surface area (Å²) in [5.41, 5.74) is 4.26. The highest BCUT2D eigenvalue weighted by Gasteiger charge is 2.26. The van der Waals surface area contributed by atoms with Crippen molar-refractivity contribution in [3.05, 3.63) is 58.7 Å².